The highest BCUT2D eigenvalue weighted by atomic mass is 16.6. The van der Waals surface area contributed by atoms with Gasteiger partial charge in [0.15, 0.2) is 5.69 Å². The fourth-order valence-corrected chi connectivity index (χ4v) is 1.86. The first kappa shape index (κ1) is 14.8. The predicted molar refractivity (Wildman–Crippen MR) is 76.2 cm³/mol. The summed E-state index contributed by atoms with van der Waals surface area (Å²) in [6, 6.07) is 4.17. The summed E-state index contributed by atoms with van der Waals surface area (Å²) >= 11 is 0. The second kappa shape index (κ2) is 5.82. The minimum absolute atomic E-state index is 0.0257. The van der Waals surface area contributed by atoms with Gasteiger partial charge in [0.1, 0.15) is 5.82 Å². The van der Waals surface area contributed by atoms with Gasteiger partial charge in [-0.15, -0.1) is 0 Å². The molecule has 0 radical (unpaired) electrons. The van der Waals surface area contributed by atoms with Crippen LogP contribution < -0.4 is 0 Å². The number of non-ortho nitro benzene ring substituents is 1. The first-order valence-electron chi connectivity index (χ1n) is 6.57. The number of hydrogen-bond acceptors (Lipinski definition) is 6. The fraction of sp³-hybridized carbons (Fsp3) is 0.357. The van der Waals surface area contributed by atoms with Crippen LogP contribution in [-0.4, -0.2) is 27.5 Å². The van der Waals surface area contributed by atoms with E-state index in [4.69, 9.17) is 4.74 Å². The van der Waals surface area contributed by atoms with E-state index in [2.05, 4.69) is 9.97 Å². The Kier molecular flexibility index (Phi) is 4.11. The first-order valence-corrected chi connectivity index (χ1v) is 6.57. The van der Waals surface area contributed by atoms with Gasteiger partial charge in [-0.2, -0.15) is 0 Å². The number of carbonyl (C=O) groups is 1. The van der Waals surface area contributed by atoms with Crippen LogP contribution in [0.2, 0.25) is 0 Å². The van der Waals surface area contributed by atoms with Gasteiger partial charge in [-0.1, -0.05) is 13.8 Å². The van der Waals surface area contributed by atoms with E-state index in [9.17, 15) is 14.9 Å². The highest BCUT2D eigenvalue weighted by Crippen LogP contribution is 2.24. The zero-order valence-corrected chi connectivity index (χ0v) is 12.0. The second-order valence-electron chi connectivity index (χ2n) is 4.76. The molecule has 0 N–H and O–H groups in total. The number of carbonyl (C=O) groups excluding carboxylic acids is 1. The van der Waals surface area contributed by atoms with E-state index in [1.54, 1.807) is 6.92 Å². The van der Waals surface area contributed by atoms with Crippen LogP contribution in [0.5, 0.6) is 0 Å². The van der Waals surface area contributed by atoms with Crippen molar-refractivity contribution in [3.8, 4) is 0 Å². The van der Waals surface area contributed by atoms with Crippen LogP contribution in [0, 0.1) is 10.1 Å². The monoisotopic (exact) mass is 289 g/mol. The van der Waals surface area contributed by atoms with E-state index < -0.39 is 10.9 Å². The third kappa shape index (κ3) is 2.96. The SMILES string of the molecule is CCOC(=O)c1nc(C(C)C)nc2ccc([N+](=O)[O-])cc12. The third-order valence-corrected chi connectivity index (χ3v) is 2.89. The Labute approximate surface area is 121 Å². The Morgan fingerprint density at radius 1 is 1.38 bits per heavy atom. The molecular formula is C14H15N3O4. The molecule has 110 valence electrons. The van der Waals surface area contributed by atoms with Crippen molar-refractivity contribution in [3.05, 3.63) is 39.8 Å². The molecule has 0 atom stereocenters. The summed E-state index contributed by atoms with van der Waals surface area (Å²) in [4.78, 5) is 30.9. The zero-order valence-electron chi connectivity index (χ0n) is 12.0. The number of aromatic nitrogens is 2. The Bertz CT molecular complexity index is 713. The molecule has 7 nitrogen and oxygen atoms in total. The molecule has 0 aliphatic carbocycles. The Morgan fingerprint density at radius 2 is 2.10 bits per heavy atom. The summed E-state index contributed by atoms with van der Waals surface area (Å²) in [5.74, 6) is -0.0792. The first-order chi connectivity index (χ1) is 9.93. The number of benzene rings is 1. The highest BCUT2D eigenvalue weighted by Gasteiger charge is 2.19. The molecule has 0 saturated heterocycles. The minimum atomic E-state index is -0.604. The molecule has 2 aromatic rings. The number of rotatable bonds is 4. The lowest BCUT2D eigenvalue weighted by atomic mass is 10.1. The van der Waals surface area contributed by atoms with Crippen molar-refractivity contribution in [2.45, 2.75) is 26.7 Å². The van der Waals surface area contributed by atoms with Crippen molar-refractivity contribution in [1.82, 2.24) is 9.97 Å². The third-order valence-electron chi connectivity index (χ3n) is 2.89. The van der Waals surface area contributed by atoms with Gasteiger partial charge in [-0.3, -0.25) is 10.1 Å². The number of nitro groups is 1. The van der Waals surface area contributed by atoms with E-state index in [-0.39, 0.29) is 23.9 Å². The second-order valence-corrected chi connectivity index (χ2v) is 4.76. The number of ether oxygens (including phenoxy) is 1. The molecule has 0 aliphatic heterocycles. The van der Waals surface area contributed by atoms with Gasteiger partial charge in [0.25, 0.3) is 5.69 Å². The summed E-state index contributed by atoms with van der Waals surface area (Å²) in [6.45, 7) is 5.70. The van der Waals surface area contributed by atoms with Crippen molar-refractivity contribution in [1.29, 1.82) is 0 Å². The average Bonchev–Trinajstić information content (AvgIpc) is 2.45. The van der Waals surface area contributed by atoms with Crippen LogP contribution in [0.4, 0.5) is 5.69 Å². The molecule has 0 saturated carbocycles. The van der Waals surface area contributed by atoms with Gasteiger partial charge in [-0.05, 0) is 13.0 Å². The molecule has 0 unspecified atom stereocenters. The van der Waals surface area contributed by atoms with Gasteiger partial charge < -0.3 is 4.74 Å². The molecule has 7 heteroatoms. The van der Waals surface area contributed by atoms with Crippen LogP contribution >= 0.6 is 0 Å². The van der Waals surface area contributed by atoms with Crippen LogP contribution in [0.1, 0.15) is 43.0 Å². The Morgan fingerprint density at radius 3 is 2.67 bits per heavy atom. The van der Waals surface area contributed by atoms with Gasteiger partial charge in [-0.25, -0.2) is 14.8 Å². The number of fused-ring (bicyclic) bond motifs is 1. The van der Waals surface area contributed by atoms with Crippen molar-refractivity contribution in [2.75, 3.05) is 6.61 Å². The molecule has 0 fully saturated rings. The lowest BCUT2D eigenvalue weighted by molar-refractivity contribution is -0.384. The maximum absolute atomic E-state index is 12.0. The topological polar surface area (TPSA) is 95.2 Å². The van der Waals surface area contributed by atoms with Crippen molar-refractivity contribution in [3.63, 3.8) is 0 Å². The molecule has 0 aliphatic rings. The van der Waals surface area contributed by atoms with E-state index in [0.29, 0.717) is 16.7 Å². The fourth-order valence-electron chi connectivity index (χ4n) is 1.86. The maximum Gasteiger partial charge on any atom is 0.357 e. The lowest BCUT2D eigenvalue weighted by Crippen LogP contribution is -2.11. The minimum Gasteiger partial charge on any atom is -0.461 e. The van der Waals surface area contributed by atoms with Gasteiger partial charge >= 0.3 is 5.97 Å². The van der Waals surface area contributed by atoms with Crippen LogP contribution in [0.15, 0.2) is 18.2 Å². The van der Waals surface area contributed by atoms with E-state index in [1.165, 1.54) is 18.2 Å². The van der Waals surface area contributed by atoms with Crippen LogP contribution in [0.3, 0.4) is 0 Å². The molecule has 0 bridgehead atoms. The summed E-state index contributed by atoms with van der Waals surface area (Å²) in [7, 11) is 0. The smallest absolute Gasteiger partial charge is 0.357 e. The molecule has 1 aromatic carbocycles. The summed E-state index contributed by atoms with van der Waals surface area (Å²) in [5.41, 5.74) is 0.436. The van der Waals surface area contributed by atoms with Crippen molar-refractivity contribution >= 4 is 22.6 Å². The standard InChI is InChI=1S/C14H15N3O4/c1-4-21-14(18)12-10-7-9(17(19)20)5-6-11(10)15-13(16-12)8(2)3/h5-8H,4H2,1-3H3. The molecule has 1 heterocycles. The van der Waals surface area contributed by atoms with E-state index in [1.807, 2.05) is 13.8 Å². The number of hydrogen-bond donors (Lipinski definition) is 0. The number of nitro benzene ring substituents is 1. The number of esters is 1. The summed E-state index contributed by atoms with van der Waals surface area (Å²) in [6.07, 6.45) is 0. The highest BCUT2D eigenvalue weighted by molar-refractivity contribution is 6.02. The summed E-state index contributed by atoms with van der Waals surface area (Å²) in [5, 5.41) is 11.2. The lowest BCUT2D eigenvalue weighted by Gasteiger charge is -2.09. The number of nitrogens with zero attached hydrogens (tertiary/aromatic N) is 3. The quantitative estimate of drug-likeness (QED) is 0.488. The molecule has 21 heavy (non-hydrogen) atoms. The average molecular weight is 289 g/mol. The largest absolute Gasteiger partial charge is 0.461 e. The van der Waals surface area contributed by atoms with Gasteiger partial charge in [0.05, 0.1) is 17.0 Å². The van der Waals surface area contributed by atoms with Gasteiger partial charge in [0.2, 0.25) is 0 Å². The predicted octanol–water partition coefficient (Wildman–Crippen LogP) is 2.84. The van der Waals surface area contributed by atoms with Crippen LogP contribution in [-0.2, 0) is 4.74 Å². The molecule has 2 rings (SSSR count). The van der Waals surface area contributed by atoms with E-state index >= 15 is 0 Å². The normalized spacial score (nSPS) is 10.9. The molecule has 1 aromatic heterocycles. The molecule has 0 amide bonds. The van der Waals surface area contributed by atoms with Crippen LogP contribution in [0.25, 0.3) is 10.9 Å². The Hall–Kier alpha value is -2.57. The van der Waals surface area contributed by atoms with Crippen molar-refractivity contribution in [2.24, 2.45) is 0 Å². The van der Waals surface area contributed by atoms with Crippen molar-refractivity contribution < 1.29 is 14.5 Å². The Balaban J connectivity index is 2.72. The molecule has 0 spiro atoms. The summed E-state index contributed by atoms with van der Waals surface area (Å²) < 4.78 is 4.97. The zero-order chi connectivity index (χ0) is 15.6. The molecular weight excluding hydrogens is 274 g/mol. The maximum atomic E-state index is 12.0. The van der Waals surface area contributed by atoms with Gasteiger partial charge in [0, 0.05) is 23.4 Å². The van der Waals surface area contributed by atoms with E-state index in [0.717, 1.165) is 0 Å².